The van der Waals surface area contributed by atoms with Crippen LogP contribution in [0.25, 0.3) is 0 Å². The third-order valence-corrected chi connectivity index (χ3v) is 3.55. The largest absolute Gasteiger partial charge is 0.362 e. The van der Waals surface area contributed by atoms with E-state index in [1.807, 2.05) is 11.8 Å². The number of nitrogens with zero attached hydrogens (tertiary/aromatic N) is 1. The van der Waals surface area contributed by atoms with Gasteiger partial charge in [-0.2, -0.15) is 0 Å². The van der Waals surface area contributed by atoms with E-state index in [9.17, 15) is 0 Å². The van der Waals surface area contributed by atoms with Gasteiger partial charge in [-0.05, 0) is 25.2 Å². The van der Waals surface area contributed by atoms with Crippen LogP contribution in [0.4, 0.5) is 0 Å². The molecule has 0 aliphatic carbocycles. The first-order valence-electron chi connectivity index (χ1n) is 5.84. The Hall–Kier alpha value is -0.180. The van der Waals surface area contributed by atoms with Crippen LogP contribution in [0, 0.1) is 5.41 Å². The highest BCUT2D eigenvalue weighted by Crippen LogP contribution is 2.23. The van der Waals surface area contributed by atoms with Gasteiger partial charge in [0.1, 0.15) is 0 Å². The smallest absolute Gasteiger partial charge is 0.157 e. The highest BCUT2D eigenvalue weighted by atomic mass is 32.2. The highest BCUT2D eigenvalue weighted by Gasteiger charge is 2.19. The maximum atomic E-state index is 4.64. The Morgan fingerprint density at radius 2 is 2.07 bits per heavy atom. The van der Waals surface area contributed by atoms with Gasteiger partial charge in [0.25, 0.3) is 0 Å². The van der Waals surface area contributed by atoms with Crippen molar-refractivity contribution in [1.82, 2.24) is 5.32 Å². The summed E-state index contributed by atoms with van der Waals surface area (Å²) in [5, 5.41) is 5.29. The molecule has 3 heteroatoms. The lowest BCUT2D eigenvalue weighted by Gasteiger charge is -2.27. The molecule has 0 aromatic heterocycles. The molecule has 2 nitrogen and oxygen atoms in total. The van der Waals surface area contributed by atoms with E-state index >= 15 is 0 Å². The minimum atomic E-state index is 0.390. The van der Waals surface area contributed by atoms with Gasteiger partial charge in [0, 0.05) is 17.8 Å². The summed E-state index contributed by atoms with van der Waals surface area (Å²) in [6, 6.07) is 0.578. The first-order chi connectivity index (χ1) is 6.87. The van der Waals surface area contributed by atoms with Gasteiger partial charge in [0.2, 0.25) is 0 Å². The Kier molecular flexibility index (Phi) is 4.50. The van der Waals surface area contributed by atoms with Crippen LogP contribution in [0.3, 0.4) is 0 Å². The topological polar surface area (TPSA) is 24.4 Å². The van der Waals surface area contributed by atoms with Crippen LogP contribution in [-0.4, -0.2) is 23.0 Å². The van der Waals surface area contributed by atoms with Crippen LogP contribution < -0.4 is 5.32 Å². The van der Waals surface area contributed by atoms with Crippen molar-refractivity contribution in [3.05, 3.63) is 0 Å². The molecule has 1 saturated heterocycles. The third kappa shape index (κ3) is 5.45. The first kappa shape index (κ1) is 12.9. The lowest BCUT2D eigenvalue weighted by atomic mass is 9.93. The fourth-order valence-corrected chi connectivity index (χ4v) is 2.82. The molecular weight excluding hydrogens is 204 g/mol. The standard InChI is InChI=1S/C12H24N2S/c1-9-8-10(2)15-11(14-9)13-7-6-12(3,4)5/h9-10H,6-8H2,1-5H3,(H,13,14). The van der Waals surface area contributed by atoms with Gasteiger partial charge in [0.05, 0.1) is 0 Å². The zero-order valence-corrected chi connectivity index (χ0v) is 11.4. The van der Waals surface area contributed by atoms with Crippen molar-refractivity contribution in [1.29, 1.82) is 0 Å². The average molecular weight is 228 g/mol. The number of rotatable bonds is 2. The third-order valence-electron chi connectivity index (χ3n) is 2.49. The van der Waals surface area contributed by atoms with E-state index in [4.69, 9.17) is 0 Å². The van der Waals surface area contributed by atoms with E-state index in [0.29, 0.717) is 16.7 Å². The zero-order chi connectivity index (χ0) is 11.5. The van der Waals surface area contributed by atoms with Gasteiger partial charge in [-0.1, -0.05) is 39.5 Å². The van der Waals surface area contributed by atoms with Crippen molar-refractivity contribution in [2.24, 2.45) is 10.4 Å². The summed E-state index contributed by atoms with van der Waals surface area (Å²) in [6.45, 7) is 12.2. The number of thioether (sulfide) groups is 1. The second-order valence-electron chi connectivity index (χ2n) is 5.71. The molecule has 1 N–H and O–H groups in total. The molecule has 0 saturated carbocycles. The number of nitrogens with one attached hydrogen (secondary N) is 1. The molecule has 1 heterocycles. The van der Waals surface area contributed by atoms with Crippen LogP contribution in [0.2, 0.25) is 0 Å². The molecule has 0 radical (unpaired) electrons. The maximum Gasteiger partial charge on any atom is 0.157 e. The van der Waals surface area contributed by atoms with Crippen LogP contribution in [0.5, 0.6) is 0 Å². The summed E-state index contributed by atoms with van der Waals surface area (Å²) in [7, 11) is 0. The molecular formula is C12H24N2S. The molecule has 15 heavy (non-hydrogen) atoms. The summed E-state index contributed by atoms with van der Waals surface area (Å²) in [5.74, 6) is 0. The highest BCUT2D eigenvalue weighted by molar-refractivity contribution is 8.14. The van der Waals surface area contributed by atoms with Crippen molar-refractivity contribution in [2.75, 3.05) is 6.54 Å². The van der Waals surface area contributed by atoms with Gasteiger partial charge < -0.3 is 5.32 Å². The van der Waals surface area contributed by atoms with E-state index in [-0.39, 0.29) is 0 Å². The first-order valence-corrected chi connectivity index (χ1v) is 6.72. The number of amidine groups is 1. The van der Waals surface area contributed by atoms with Crippen molar-refractivity contribution in [3.8, 4) is 0 Å². The fraction of sp³-hybridized carbons (Fsp3) is 0.917. The Bertz CT molecular complexity index is 218. The molecule has 1 rings (SSSR count). The Morgan fingerprint density at radius 3 is 2.60 bits per heavy atom. The second-order valence-corrected chi connectivity index (χ2v) is 7.13. The SMILES string of the molecule is CC1CC(C)SC(=NCCC(C)(C)C)N1. The van der Waals surface area contributed by atoms with E-state index in [1.54, 1.807) is 0 Å². The molecule has 0 spiro atoms. The summed E-state index contributed by atoms with van der Waals surface area (Å²) in [5.41, 5.74) is 0.390. The maximum absolute atomic E-state index is 4.64. The van der Waals surface area contributed by atoms with Crippen molar-refractivity contribution in [2.45, 2.75) is 58.8 Å². The molecule has 2 atom stereocenters. The molecule has 0 aromatic rings. The molecule has 1 fully saturated rings. The predicted octanol–water partition coefficient (Wildman–Crippen LogP) is 3.28. The van der Waals surface area contributed by atoms with Gasteiger partial charge >= 0.3 is 0 Å². The lowest BCUT2D eigenvalue weighted by molar-refractivity contribution is 0.385. The quantitative estimate of drug-likeness (QED) is 0.784. The summed E-state index contributed by atoms with van der Waals surface area (Å²) < 4.78 is 0. The molecule has 0 bridgehead atoms. The normalized spacial score (nSPS) is 30.3. The van der Waals surface area contributed by atoms with E-state index in [1.165, 1.54) is 6.42 Å². The minimum absolute atomic E-state index is 0.390. The van der Waals surface area contributed by atoms with Crippen LogP contribution >= 0.6 is 11.8 Å². The van der Waals surface area contributed by atoms with Gasteiger partial charge in [0.15, 0.2) is 5.17 Å². The van der Waals surface area contributed by atoms with Crippen molar-refractivity contribution < 1.29 is 0 Å². The monoisotopic (exact) mass is 228 g/mol. The molecule has 0 amide bonds. The minimum Gasteiger partial charge on any atom is -0.362 e. The van der Waals surface area contributed by atoms with Crippen molar-refractivity contribution in [3.63, 3.8) is 0 Å². The summed E-state index contributed by atoms with van der Waals surface area (Å²) >= 11 is 1.88. The van der Waals surface area contributed by atoms with Crippen LogP contribution in [0.15, 0.2) is 4.99 Å². The summed E-state index contributed by atoms with van der Waals surface area (Å²) in [4.78, 5) is 4.64. The molecule has 88 valence electrons. The Balaban J connectivity index is 2.38. The Labute approximate surface area is 98.3 Å². The molecule has 1 aliphatic heterocycles. The number of hydrogen-bond acceptors (Lipinski definition) is 2. The van der Waals surface area contributed by atoms with Gasteiger partial charge in [-0.15, -0.1) is 0 Å². The van der Waals surface area contributed by atoms with E-state index in [2.05, 4.69) is 44.9 Å². The van der Waals surface area contributed by atoms with Crippen LogP contribution in [0.1, 0.15) is 47.5 Å². The van der Waals surface area contributed by atoms with Crippen molar-refractivity contribution >= 4 is 16.9 Å². The molecule has 1 aliphatic rings. The van der Waals surface area contributed by atoms with Gasteiger partial charge in [-0.25, -0.2) is 0 Å². The van der Waals surface area contributed by atoms with Crippen LogP contribution in [-0.2, 0) is 0 Å². The van der Waals surface area contributed by atoms with E-state index < -0.39 is 0 Å². The molecule has 0 aromatic carbocycles. The lowest BCUT2D eigenvalue weighted by Crippen LogP contribution is -2.38. The molecule has 2 unspecified atom stereocenters. The van der Waals surface area contributed by atoms with Gasteiger partial charge in [-0.3, -0.25) is 4.99 Å². The number of hydrogen-bond donors (Lipinski definition) is 1. The van der Waals surface area contributed by atoms with E-state index in [0.717, 1.165) is 18.1 Å². The predicted molar refractivity (Wildman–Crippen MR) is 70.6 cm³/mol. The number of aliphatic imine (C=N–C) groups is 1. The fourth-order valence-electron chi connectivity index (χ4n) is 1.62. The zero-order valence-electron chi connectivity index (χ0n) is 10.6. The average Bonchev–Trinajstić information content (AvgIpc) is 1.99. The summed E-state index contributed by atoms with van der Waals surface area (Å²) in [6.07, 6.45) is 2.39. The second kappa shape index (κ2) is 5.24. The Morgan fingerprint density at radius 1 is 1.40 bits per heavy atom.